The van der Waals surface area contributed by atoms with E-state index in [2.05, 4.69) is 28.5 Å². The molecule has 0 radical (unpaired) electrons. The second kappa shape index (κ2) is 13.8. The monoisotopic (exact) mass is 661 g/mol. The molecule has 48 heavy (non-hydrogen) atoms. The third kappa shape index (κ3) is 6.87. The van der Waals surface area contributed by atoms with Crippen molar-refractivity contribution in [3.8, 4) is 0 Å². The molecule has 1 saturated carbocycles. The van der Waals surface area contributed by atoms with Crippen LogP contribution in [0.4, 0.5) is 0 Å². The lowest BCUT2D eigenvalue weighted by Gasteiger charge is -2.56. The number of fused-ring (bicyclic) bond motifs is 5. The maximum atomic E-state index is 14.8. The molecule has 1 aromatic carbocycles. The van der Waals surface area contributed by atoms with E-state index in [0.29, 0.717) is 64.4 Å². The lowest BCUT2D eigenvalue weighted by Crippen LogP contribution is -2.66. The summed E-state index contributed by atoms with van der Waals surface area (Å²) in [5.41, 5.74) is 3.04. The molecule has 4 aliphatic rings. The van der Waals surface area contributed by atoms with E-state index in [1.807, 2.05) is 30.6 Å². The summed E-state index contributed by atoms with van der Waals surface area (Å²) in [6.45, 7) is 8.43. The molecular weight excluding hydrogens is 606 g/mol. The van der Waals surface area contributed by atoms with E-state index in [0.717, 1.165) is 35.0 Å². The number of carbonyl (C=O) groups is 4. The van der Waals surface area contributed by atoms with Crippen LogP contribution < -0.4 is 5.32 Å². The van der Waals surface area contributed by atoms with E-state index >= 15 is 0 Å². The summed E-state index contributed by atoms with van der Waals surface area (Å²) in [5.74, 6) is -0.457. The molecule has 6 rings (SSSR count). The van der Waals surface area contributed by atoms with Gasteiger partial charge in [-0.05, 0) is 76.0 Å². The number of piperidine rings is 1. The number of ether oxygens (including phenoxy) is 1. The number of hydrogen-bond acceptors (Lipinski definition) is 5. The van der Waals surface area contributed by atoms with Gasteiger partial charge in [0.15, 0.2) is 0 Å². The first-order chi connectivity index (χ1) is 22.9. The number of aromatic nitrogens is 1. The molecule has 1 aliphatic carbocycles. The van der Waals surface area contributed by atoms with Crippen LogP contribution in [-0.4, -0.2) is 95.8 Å². The van der Waals surface area contributed by atoms with Gasteiger partial charge in [0, 0.05) is 74.6 Å². The van der Waals surface area contributed by atoms with Gasteiger partial charge in [-0.1, -0.05) is 37.8 Å². The van der Waals surface area contributed by atoms with Gasteiger partial charge in [0.25, 0.3) is 0 Å². The number of morpholine rings is 1. The predicted octanol–water partition coefficient (Wildman–Crippen LogP) is 4.54. The Labute approximate surface area is 285 Å². The number of nitrogens with zero attached hydrogens (tertiary/aromatic N) is 3. The fourth-order valence-electron chi connectivity index (χ4n) is 8.92. The number of aryl methyl sites for hydroxylation is 1. The van der Waals surface area contributed by atoms with Gasteiger partial charge in [-0.2, -0.15) is 0 Å². The third-order valence-corrected chi connectivity index (χ3v) is 11.3. The Morgan fingerprint density at radius 2 is 1.81 bits per heavy atom. The number of rotatable bonds is 9. The highest BCUT2D eigenvalue weighted by Gasteiger charge is 2.59. The van der Waals surface area contributed by atoms with Crippen molar-refractivity contribution in [1.82, 2.24) is 25.0 Å². The van der Waals surface area contributed by atoms with Crippen LogP contribution in [0.15, 0.2) is 18.2 Å². The molecule has 1 aromatic heterocycles. The van der Waals surface area contributed by atoms with Gasteiger partial charge in [0.1, 0.15) is 0 Å². The van der Waals surface area contributed by atoms with E-state index in [1.165, 1.54) is 31.2 Å². The molecule has 0 bridgehead atoms. The summed E-state index contributed by atoms with van der Waals surface area (Å²) in [7, 11) is 3.56. The van der Waals surface area contributed by atoms with Gasteiger partial charge in [-0.15, -0.1) is 0 Å². The molecule has 3 aliphatic heterocycles. The number of amides is 4. The maximum Gasteiger partial charge on any atom is 0.228 e. The van der Waals surface area contributed by atoms with Gasteiger partial charge in [-0.25, -0.2) is 0 Å². The Hall–Kier alpha value is -3.40. The van der Waals surface area contributed by atoms with Crippen molar-refractivity contribution in [2.24, 2.45) is 17.8 Å². The van der Waals surface area contributed by atoms with Crippen molar-refractivity contribution in [1.29, 1.82) is 0 Å². The third-order valence-electron chi connectivity index (χ3n) is 11.3. The number of H-pyrrole nitrogens is 1. The average Bonchev–Trinajstić information content (AvgIpc) is 3.71. The topological polar surface area (TPSA) is 115 Å². The number of hydrogen-bond donors (Lipinski definition) is 2. The van der Waals surface area contributed by atoms with Gasteiger partial charge < -0.3 is 29.7 Å². The Morgan fingerprint density at radius 3 is 2.50 bits per heavy atom. The number of carbonyl (C=O) groups excluding carboxylic acids is 4. The summed E-state index contributed by atoms with van der Waals surface area (Å²) in [4.78, 5) is 64.5. The number of nitrogens with one attached hydrogen (secondary N) is 2. The van der Waals surface area contributed by atoms with Crippen molar-refractivity contribution in [3.05, 3.63) is 35.0 Å². The maximum absolute atomic E-state index is 14.8. The molecule has 0 unspecified atom stereocenters. The molecule has 2 saturated heterocycles. The summed E-state index contributed by atoms with van der Waals surface area (Å²) in [6, 6.07) is 6.42. The second-order valence-electron chi connectivity index (χ2n) is 15.9. The van der Waals surface area contributed by atoms with Crippen LogP contribution in [-0.2, 0) is 42.3 Å². The van der Waals surface area contributed by atoms with Gasteiger partial charge in [-0.3, -0.25) is 19.2 Å². The predicted molar refractivity (Wildman–Crippen MR) is 185 cm³/mol. The van der Waals surface area contributed by atoms with Crippen molar-refractivity contribution in [2.45, 2.75) is 102 Å². The molecule has 4 amide bonds. The van der Waals surface area contributed by atoms with Gasteiger partial charge in [0.05, 0.1) is 24.7 Å². The second-order valence-corrected chi connectivity index (χ2v) is 15.9. The van der Waals surface area contributed by atoms with Crippen LogP contribution >= 0.6 is 0 Å². The van der Waals surface area contributed by atoms with Crippen LogP contribution in [0.5, 0.6) is 0 Å². The fourth-order valence-corrected chi connectivity index (χ4v) is 8.92. The van der Waals surface area contributed by atoms with Crippen LogP contribution in [0.3, 0.4) is 0 Å². The van der Waals surface area contributed by atoms with Crippen molar-refractivity contribution in [3.63, 3.8) is 0 Å². The summed E-state index contributed by atoms with van der Waals surface area (Å²) in [5, 5.41) is 4.18. The van der Waals surface area contributed by atoms with Crippen LogP contribution in [0.25, 0.3) is 10.9 Å². The largest absolute Gasteiger partial charge is 0.378 e. The Bertz CT molecular complexity index is 1530. The first-order valence-electron chi connectivity index (χ1n) is 18.2. The summed E-state index contributed by atoms with van der Waals surface area (Å²) >= 11 is 0. The molecule has 3 atom stereocenters. The molecule has 10 heteroatoms. The lowest BCUT2D eigenvalue weighted by molar-refractivity contribution is -0.169. The zero-order valence-corrected chi connectivity index (χ0v) is 29.7. The Balaban J connectivity index is 1.43. The molecular formula is C38H55N5O5. The van der Waals surface area contributed by atoms with Crippen LogP contribution in [0.2, 0.25) is 0 Å². The molecule has 3 fully saturated rings. The highest BCUT2D eigenvalue weighted by molar-refractivity contribution is 5.93. The zero-order chi connectivity index (χ0) is 34.2. The van der Waals surface area contributed by atoms with E-state index in [-0.39, 0.29) is 30.0 Å². The Kier molecular flexibility index (Phi) is 9.94. The molecule has 2 aromatic rings. The Morgan fingerprint density at radius 1 is 1.08 bits per heavy atom. The SMILES string of the molecule is CN(C)C(=O)CCc1ccc2c3c([nH]c2c1)[C@]1(CCC2CCCC2)[C@@H](C(=O)N2CCOCC2)C[C@H](CC(=O)NC(C)(C)C)C(=O)N1CC3. The van der Waals surface area contributed by atoms with E-state index < -0.39 is 22.9 Å². The van der Waals surface area contributed by atoms with E-state index in [4.69, 9.17) is 4.74 Å². The van der Waals surface area contributed by atoms with Crippen LogP contribution in [0, 0.1) is 17.8 Å². The normalized spacial score (nSPS) is 24.8. The van der Waals surface area contributed by atoms with Crippen molar-refractivity contribution < 1.29 is 23.9 Å². The van der Waals surface area contributed by atoms with Crippen LogP contribution in [0.1, 0.15) is 95.4 Å². The average molecular weight is 662 g/mol. The number of aromatic amines is 1. The first-order valence-corrected chi connectivity index (χ1v) is 18.2. The number of benzene rings is 1. The summed E-state index contributed by atoms with van der Waals surface area (Å²) < 4.78 is 5.63. The van der Waals surface area contributed by atoms with Crippen molar-refractivity contribution >= 4 is 34.5 Å². The molecule has 262 valence electrons. The van der Waals surface area contributed by atoms with Crippen molar-refractivity contribution in [2.75, 3.05) is 46.9 Å². The van der Waals surface area contributed by atoms with E-state index in [9.17, 15) is 19.2 Å². The fraction of sp³-hybridized carbons (Fsp3) is 0.684. The molecule has 0 spiro atoms. The standard InChI is InChI=1S/C38H55N5O5/c1-37(2,3)40-32(44)24-27-23-30(36(47)42-18-20-48-21-19-42)38(16-14-25-8-6-7-9-25)34-29(15-17-43(38)35(27)46)28-12-10-26(22-31(28)39-34)11-13-33(45)41(4)5/h10,12,22,25,27,30,39H,6-9,11,13-21,23-24H2,1-5H3,(H,40,44)/t27-,30-,38+/m1/s1. The molecule has 10 nitrogen and oxygen atoms in total. The van der Waals surface area contributed by atoms with Gasteiger partial charge >= 0.3 is 0 Å². The highest BCUT2D eigenvalue weighted by Crippen LogP contribution is 2.54. The minimum absolute atomic E-state index is 0.0105. The highest BCUT2D eigenvalue weighted by atomic mass is 16.5. The van der Waals surface area contributed by atoms with Gasteiger partial charge in [0.2, 0.25) is 23.6 Å². The molecule has 2 N–H and O–H groups in total. The zero-order valence-electron chi connectivity index (χ0n) is 29.7. The smallest absolute Gasteiger partial charge is 0.228 e. The molecule has 4 heterocycles. The quantitative estimate of drug-likeness (QED) is 0.410. The first kappa shape index (κ1) is 34.5. The minimum Gasteiger partial charge on any atom is -0.378 e. The lowest BCUT2D eigenvalue weighted by atomic mass is 9.64. The summed E-state index contributed by atoms with van der Waals surface area (Å²) in [6.07, 6.45) is 8.71. The minimum atomic E-state index is -0.820. The van der Waals surface area contributed by atoms with E-state index in [1.54, 1.807) is 19.0 Å².